The molecule has 7 nitrogen and oxygen atoms in total. The van der Waals surface area contributed by atoms with Gasteiger partial charge in [0.15, 0.2) is 5.76 Å². The van der Waals surface area contributed by atoms with Gasteiger partial charge in [0.2, 0.25) is 17.5 Å². The molecule has 0 atom stereocenters. The van der Waals surface area contributed by atoms with Gasteiger partial charge in [0.25, 0.3) is 5.89 Å². The van der Waals surface area contributed by atoms with Crippen molar-refractivity contribution in [2.75, 3.05) is 23.3 Å². The Morgan fingerprint density at radius 2 is 2.03 bits per heavy atom. The zero-order valence-electron chi connectivity index (χ0n) is 16.6. The number of piperidine rings is 1. The van der Waals surface area contributed by atoms with Crippen molar-refractivity contribution in [1.82, 2.24) is 4.98 Å². The zero-order valence-corrected chi connectivity index (χ0v) is 16.6. The highest BCUT2D eigenvalue weighted by atomic mass is 16.4. The number of nitrogens with one attached hydrogen (secondary N) is 1. The van der Waals surface area contributed by atoms with Crippen LogP contribution in [-0.4, -0.2) is 24.0 Å². The fraction of sp³-hybridized carbons (Fsp3) is 0.348. The normalized spacial score (nSPS) is 16.3. The highest BCUT2D eigenvalue weighted by Crippen LogP contribution is 2.32. The first-order valence-corrected chi connectivity index (χ1v) is 10.3. The van der Waals surface area contributed by atoms with Gasteiger partial charge in [-0.15, -0.1) is 0 Å². The highest BCUT2D eigenvalue weighted by Gasteiger charge is 2.29. The van der Waals surface area contributed by atoms with Crippen LogP contribution in [0.4, 0.5) is 11.6 Å². The smallest absolute Gasteiger partial charge is 0.266 e. The lowest BCUT2D eigenvalue weighted by Gasteiger charge is -2.31. The quantitative estimate of drug-likeness (QED) is 0.704. The maximum atomic E-state index is 12.8. The number of furan rings is 1. The van der Waals surface area contributed by atoms with Gasteiger partial charge in [-0.1, -0.05) is 6.07 Å². The third kappa shape index (κ3) is 3.45. The maximum Gasteiger partial charge on any atom is 0.266 e. The van der Waals surface area contributed by atoms with E-state index in [2.05, 4.69) is 28.5 Å². The molecule has 1 aromatic carbocycles. The number of nitriles is 1. The average molecular weight is 402 g/mol. The molecule has 152 valence electrons. The van der Waals surface area contributed by atoms with Gasteiger partial charge >= 0.3 is 0 Å². The van der Waals surface area contributed by atoms with Gasteiger partial charge in [0.1, 0.15) is 6.07 Å². The molecule has 1 aliphatic heterocycles. The highest BCUT2D eigenvalue weighted by molar-refractivity contribution is 5.92. The lowest BCUT2D eigenvalue weighted by Crippen LogP contribution is -2.38. The summed E-state index contributed by atoms with van der Waals surface area (Å²) >= 11 is 0. The molecule has 0 bridgehead atoms. The van der Waals surface area contributed by atoms with Crippen LogP contribution in [-0.2, 0) is 17.6 Å². The van der Waals surface area contributed by atoms with E-state index in [1.807, 2.05) is 11.0 Å². The number of benzene rings is 1. The number of aryl methyl sites for hydroxylation is 2. The fourth-order valence-electron chi connectivity index (χ4n) is 4.34. The van der Waals surface area contributed by atoms with Crippen LogP contribution in [0.15, 0.2) is 45.4 Å². The molecular weight excluding hydrogens is 380 g/mol. The first-order chi connectivity index (χ1) is 14.7. The number of nitrogens with zero attached hydrogens (tertiary/aromatic N) is 3. The van der Waals surface area contributed by atoms with Gasteiger partial charge in [0, 0.05) is 24.7 Å². The van der Waals surface area contributed by atoms with E-state index in [-0.39, 0.29) is 17.5 Å². The van der Waals surface area contributed by atoms with Crippen LogP contribution in [0.3, 0.4) is 0 Å². The summed E-state index contributed by atoms with van der Waals surface area (Å²) in [4.78, 5) is 19.0. The number of fused-ring (bicyclic) bond motifs is 1. The Balaban J connectivity index is 1.23. The third-order valence-corrected chi connectivity index (χ3v) is 5.97. The Bertz CT molecular complexity index is 1100. The van der Waals surface area contributed by atoms with Gasteiger partial charge in [-0.05, 0) is 67.5 Å². The second-order valence-electron chi connectivity index (χ2n) is 7.85. The maximum absolute atomic E-state index is 12.8. The number of carbonyl (C=O) groups excluding carboxylic acids is 1. The number of rotatable bonds is 4. The fourth-order valence-corrected chi connectivity index (χ4v) is 4.34. The molecule has 1 N–H and O–H groups in total. The summed E-state index contributed by atoms with van der Waals surface area (Å²) in [5.41, 5.74) is 3.87. The van der Waals surface area contributed by atoms with Crippen LogP contribution in [0.5, 0.6) is 0 Å². The van der Waals surface area contributed by atoms with Crippen LogP contribution < -0.4 is 10.2 Å². The number of aromatic nitrogens is 1. The molecule has 5 rings (SSSR count). The summed E-state index contributed by atoms with van der Waals surface area (Å²) in [6.07, 6.45) is 6.35. The van der Waals surface area contributed by atoms with Gasteiger partial charge in [-0.2, -0.15) is 10.2 Å². The molecule has 1 saturated heterocycles. The Morgan fingerprint density at radius 3 is 2.80 bits per heavy atom. The number of anilines is 2. The van der Waals surface area contributed by atoms with Crippen molar-refractivity contribution < 1.29 is 13.6 Å². The molecule has 7 heteroatoms. The Morgan fingerprint density at radius 1 is 1.20 bits per heavy atom. The molecule has 2 aromatic heterocycles. The van der Waals surface area contributed by atoms with E-state index in [1.165, 1.54) is 23.8 Å². The predicted octanol–water partition coefficient (Wildman–Crippen LogP) is 4.15. The van der Waals surface area contributed by atoms with Crippen molar-refractivity contribution in [2.24, 2.45) is 5.92 Å². The standard InChI is InChI=1S/C23H22N4O3/c24-14-19-23(30-22(26-19)20-5-2-12-29-20)27-10-8-16(9-11-27)21(28)25-18-7-6-15-3-1-4-17(15)13-18/h2,5-7,12-13,16H,1,3-4,8-11H2,(H,25,28). The summed E-state index contributed by atoms with van der Waals surface area (Å²) in [5, 5.41) is 12.5. The summed E-state index contributed by atoms with van der Waals surface area (Å²) in [6.45, 7) is 1.26. The van der Waals surface area contributed by atoms with E-state index < -0.39 is 0 Å². The van der Waals surface area contributed by atoms with E-state index in [0.717, 1.165) is 18.5 Å². The predicted molar refractivity (Wildman–Crippen MR) is 111 cm³/mol. The van der Waals surface area contributed by atoms with Gasteiger partial charge in [0.05, 0.1) is 6.26 Å². The number of amides is 1. The van der Waals surface area contributed by atoms with Crippen molar-refractivity contribution in [3.8, 4) is 17.7 Å². The summed E-state index contributed by atoms with van der Waals surface area (Å²) in [5.74, 6) is 1.22. The van der Waals surface area contributed by atoms with Crippen LogP contribution in [0.25, 0.3) is 11.7 Å². The first kappa shape index (κ1) is 18.5. The molecule has 1 fully saturated rings. The van der Waals surface area contributed by atoms with Gasteiger partial charge in [-0.3, -0.25) is 4.79 Å². The van der Waals surface area contributed by atoms with E-state index in [4.69, 9.17) is 8.83 Å². The lowest BCUT2D eigenvalue weighted by molar-refractivity contribution is -0.120. The minimum atomic E-state index is -0.0625. The van der Waals surface area contributed by atoms with Crippen LogP contribution in [0, 0.1) is 17.2 Å². The van der Waals surface area contributed by atoms with Crippen LogP contribution in [0.1, 0.15) is 36.1 Å². The SMILES string of the molecule is N#Cc1nc(-c2ccco2)oc1N1CCC(C(=O)Nc2ccc3c(c2)CCC3)CC1. The largest absolute Gasteiger partial charge is 0.459 e. The number of hydrogen-bond acceptors (Lipinski definition) is 6. The van der Waals surface area contributed by atoms with Crippen molar-refractivity contribution in [2.45, 2.75) is 32.1 Å². The Labute approximate surface area is 174 Å². The lowest BCUT2D eigenvalue weighted by atomic mass is 9.95. The zero-order chi connectivity index (χ0) is 20.5. The van der Waals surface area contributed by atoms with E-state index in [9.17, 15) is 10.1 Å². The van der Waals surface area contributed by atoms with E-state index in [1.54, 1.807) is 12.1 Å². The van der Waals surface area contributed by atoms with Crippen LogP contribution >= 0.6 is 0 Å². The van der Waals surface area contributed by atoms with Crippen molar-refractivity contribution >= 4 is 17.5 Å². The van der Waals surface area contributed by atoms with Crippen molar-refractivity contribution in [3.63, 3.8) is 0 Å². The molecule has 3 aromatic rings. The molecule has 30 heavy (non-hydrogen) atoms. The van der Waals surface area contributed by atoms with Crippen molar-refractivity contribution in [1.29, 1.82) is 5.26 Å². The Kier molecular flexibility index (Phi) is 4.75. The monoisotopic (exact) mass is 402 g/mol. The molecule has 1 aliphatic carbocycles. The summed E-state index contributed by atoms with van der Waals surface area (Å²) in [7, 11) is 0. The topological polar surface area (TPSA) is 95.3 Å². The molecule has 1 amide bonds. The minimum absolute atomic E-state index is 0.0574. The molecule has 0 spiro atoms. The van der Waals surface area contributed by atoms with E-state index in [0.29, 0.717) is 43.5 Å². The molecule has 2 aliphatic rings. The van der Waals surface area contributed by atoms with Gasteiger partial charge in [-0.25, -0.2) is 0 Å². The molecular formula is C23H22N4O3. The van der Waals surface area contributed by atoms with Crippen LogP contribution in [0.2, 0.25) is 0 Å². The number of carbonyl (C=O) groups is 1. The molecule has 0 unspecified atom stereocenters. The Hall–Kier alpha value is -3.53. The second-order valence-corrected chi connectivity index (χ2v) is 7.85. The average Bonchev–Trinajstić information content (AvgIpc) is 3.53. The van der Waals surface area contributed by atoms with Gasteiger partial charge < -0.3 is 19.1 Å². The molecule has 0 saturated carbocycles. The van der Waals surface area contributed by atoms with Crippen molar-refractivity contribution in [3.05, 3.63) is 53.4 Å². The number of hydrogen-bond donors (Lipinski definition) is 1. The molecule has 0 radical (unpaired) electrons. The second kappa shape index (κ2) is 7.71. The first-order valence-electron chi connectivity index (χ1n) is 10.3. The number of oxazole rings is 1. The summed E-state index contributed by atoms with van der Waals surface area (Å²) < 4.78 is 11.1. The van der Waals surface area contributed by atoms with E-state index >= 15 is 0 Å². The summed E-state index contributed by atoms with van der Waals surface area (Å²) in [6, 6.07) is 11.8. The molecule has 3 heterocycles. The third-order valence-electron chi connectivity index (χ3n) is 5.97. The minimum Gasteiger partial charge on any atom is -0.459 e.